The Bertz CT molecular complexity index is 500. The Morgan fingerprint density at radius 1 is 1.16 bits per heavy atom. The molecule has 1 aromatic carbocycles. The first kappa shape index (κ1) is 15.2. The van der Waals surface area contributed by atoms with Crippen LogP contribution in [0.25, 0.3) is 0 Å². The van der Waals surface area contributed by atoms with Gasteiger partial charge in [0.05, 0.1) is 5.02 Å². The predicted molar refractivity (Wildman–Crippen MR) is 88.1 cm³/mol. The summed E-state index contributed by atoms with van der Waals surface area (Å²) in [5, 5.41) is 7.06. The molecule has 0 saturated heterocycles. The van der Waals surface area contributed by atoms with Gasteiger partial charge in [0.25, 0.3) is 0 Å². The van der Waals surface area contributed by atoms with Crippen LogP contribution in [0.2, 0.25) is 10.0 Å². The van der Waals surface area contributed by atoms with Gasteiger partial charge in [-0.15, -0.1) is 23.1 Å². The van der Waals surface area contributed by atoms with Gasteiger partial charge < -0.3 is 5.32 Å². The molecule has 0 atom stereocenters. The second-order valence-corrected chi connectivity index (χ2v) is 7.02. The van der Waals surface area contributed by atoms with Crippen molar-refractivity contribution in [2.45, 2.75) is 11.3 Å². The van der Waals surface area contributed by atoms with Crippen LogP contribution in [0.3, 0.4) is 0 Å². The van der Waals surface area contributed by atoms with E-state index in [1.807, 2.05) is 29.5 Å². The van der Waals surface area contributed by atoms with Crippen molar-refractivity contribution in [1.29, 1.82) is 0 Å². The van der Waals surface area contributed by atoms with Crippen LogP contribution in [0.4, 0.5) is 0 Å². The molecule has 2 aromatic rings. The molecule has 0 aliphatic heterocycles. The highest BCUT2D eigenvalue weighted by molar-refractivity contribution is 7.99. The molecule has 0 saturated carbocycles. The summed E-state index contributed by atoms with van der Waals surface area (Å²) in [7, 11) is 0. The first-order valence-electron chi connectivity index (χ1n) is 6.06. The topological polar surface area (TPSA) is 12.0 Å². The molecule has 0 radical (unpaired) electrons. The molecule has 1 heterocycles. The number of thiophene rings is 1. The van der Waals surface area contributed by atoms with Crippen molar-refractivity contribution >= 4 is 46.3 Å². The molecular weight excluding hydrogens is 317 g/mol. The summed E-state index contributed by atoms with van der Waals surface area (Å²) in [4.78, 5) is 2.48. The Labute approximate surface area is 132 Å². The number of thioether (sulfide) groups is 1. The fourth-order valence-electron chi connectivity index (χ4n) is 1.61. The van der Waals surface area contributed by atoms with Gasteiger partial charge in [0.1, 0.15) is 0 Å². The Morgan fingerprint density at radius 2 is 2.05 bits per heavy atom. The lowest BCUT2D eigenvalue weighted by molar-refractivity contribution is 0.725. The van der Waals surface area contributed by atoms with Crippen LogP contribution in [0, 0.1) is 0 Å². The highest BCUT2D eigenvalue weighted by Gasteiger charge is 2.01. The second-order valence-electron chi connectivity index (χ2n) is 4.00. The Kier molecular flexibility index (Phi) is 6.54. The second kappa shape index (κ2) is 8.18. The van der Waals surface area contributed by atoms with Crippen LogP contribution in [-0.2, 0) is 6.42 Å². The summed E-state index contributed by atoms with van der Waals surface area (Å²) in [5.41, 5.74) is 0. The molecule has 0 aliphatic rings. The quantitative estimate of drug-likeness (QED) is 0.567. The third-order valence-corrected chi connectivity index (χ3v) is 5.23. The molecule has 0 aliphatic carbocycles. The van der Waals surface area contributed by atoms with E-state index in [0.717, 1.165) is 40.2 Å². The minimum Gasteiger partial charge on any atom is -0.316 e. The van der Waals surface area contributed by atoms with Gasteiger partial charge in [-0.2, -0.15) is 0 Å². The number of halogens is 2. The number of hydrogen-bond donors (Lipinski definition) is 1. The van der Waals surface area contributed by atoms with E-state index in [4.69, 9.17) is 23.2 Å². The fraction of sp³-hybridized carbons (Fsp3) is 0.286. The monoisotopic (exact) mass is 331 g/mol. The van der Waals surface area contributed by atoms with Gasteiger partial charge >= 0.3 is 0 Å². The zero-order valence-electron chi connectivity index (χ0n) is 10.4. The van der Waals surface area contributed by atoms with Crippen molar-refractivity contribution in [3.05, 3.63) is 50.6 Å². The van der Waals surface area contributed by atoms with E-state index >= 15 is 0 Å². The summed E-state index contributed by atoms with van der Waals surface area (Å²) >= 11 is 15.6. The van der Waals surface area contributed by atoms with Gasteiger partial charge in [-0.1, -0.05) is 29.3 Å². The molecule has 0 amide bonds. The van der Waals surface area contributed by atoms with Crippen molar-refractivity contribution in [3.8, 4) is 0 Å². The van der Waals surface area contributed by atoms with Crippen molar-refractivity contribution in [1.82, 2.24) is 5.32 Å². The first-order chi connectivity index (χ1) is 9.25. The number of hydrogen-bond acceptors (Lipinski definition) is 3. The molecule has 1 nitrogen and oxygen atoms in total. The van der Waals surface area contributed by atoms with E-state index < -0.39 is 0 Å². The molecule has 5 heteroatoms. The zero-order chi connectivity index (χ0) is 13.5. The maximum Gasteiger partial charge on any atom is 0.0542 e. The van der Waals surface area contributed by atoms with Gasteiger partial charge in [-0.05, 0) is 42.6 Å². The average molecular weight is 332 g/mol. The number of rotatable bonds is 7. The molecule has 0 unspecified atom stereocenters. The third kappa shape index (κ3) is 5.36. The van der Waals surface area contributed by atoms with E-state index in [0.29, 0.717) is 0 Å². The van der Waals surface area contributed by atoms with Gasteiger partial charge in [-0.25, -0.2) is 0 Å². The SMILES string of the molecule is Clc1ccc(Cl)c(SCCNCCc2cccs2)c1. The van der Waals surface area contributed by atoms with E-state index in [9.17, 15) is 0 Å². The summed E-state index contributed by atoms with van der Waals surface area (Å²) in [6.07, 6.45) is 1.10. The predicted octanol–water partition coefficient (Wildman–Crippen LogP) is 4.98. The van der Waals surface area contributed by atoms with Crippen molar-refractivity contribution in [3.63, 3.8) is 0 Å². The van der Waals surface area contributed by atoms with Crippen molar-refractivity contribution in [2.24, 2.45) is 0 Å². The van der Waals surface area contributed by atoms with Gasteiger partial charge in [0, 0.05) is 27.1 Å². The Balaban J connectivity index is 1.62. The molecular formula is C14H15Cl2NS2. The zero-order valence-corrected chi connectivity index (χ0v) is 13.5. The lowest BCUT2D eigenvalue weighted by atomic mass is 10.3. The fourth-order valence-corrected chi connectivity index (χ4v) is 3.72. The third-order valence-electron chi connectivity index (χ3n) is 2.56. The Hall–Kier alpha value is -0.190. The molecule has 1 aromatic heterocycles. The molecule has 0 spiro atoms. The minimum atomic E-state index is 0.734. The maximum atomic E-state index is 6.11. The van der Waals surface area contributed by atoms with Crippen molar-refractivity contribution < 1.29 is 0 Å². The molecule has 0 bridgehead atoms. The maximum absolute atomic E-state index is 6.11. The van der Waals surface area contributed by atoms with Crippen LogP contribution in [0.5, 0.6) is 0 Å². The number of nitrogens with one attached hydrogen (secondary N) is 1. The van der Waals surface area contributed by atoms with Crippen molar-refractivity contribution in [2.75, 3.05) is 18.8 Å². The molecule has 0 fully saturated rings. The van der Waals surface area contributed by atoms with Gasteiger partial charge in [0.15, 0.2) is 0 Å². The minimum absolute atomic E-state index is 0.734. The summed E-state index contributed by atoms with van der Waals surface area (Å²) in [6, 6.07) is 9.84. The normalized spacial score (nSPS) is 10.8. The van der Waals surface area contributed by atoms with Crippen LogP contribution in [-0.4, -0.2) is 18.8 Å². The van der Waals surface area contributed by atoms with Crippen LogP contribution < -0.4 is 5.32 Å². The standard InChI is InChI=1S/C14H15Cl2NS2/c15-11-3-4-13(16)14(10-11)19-9-7-17-6-5-12-2-1-8-18-12/h1-4,8,10,17H,5-7,9H2. The average Bonchev–Trinajstić information content (AvgIpc) is 2.90. The highest BCUT2D eigenvalue weighted by Crippen LogP contribution is 2.29. The van der Waals surface area contributed by atoms with Gasteiger partial charge in [-0.3, -0.25) is 0 Å². The van der Waals surface area contributed by atoms with Crippen LogP contribution in [0.1, 0.15) is 4.88 Å². The lowest BCUT2D eigenvalue weighted by Crippen LogP contribution is -2.19. The van der Waals surface area contributed by atoms with Gasteiger partial charge in [0.2, 0.25) is 0 Å². The Morgan fingerprint density at radius 3 is 2.84 bits per heavy atom. The molecule has 2 rings (SSSR count). The summed E-state index contributed by atoms with van der Waals surface area (Å²) in [5.74, 6) is 0.991. The smallest absolute Gasteiger partial charge is 0.0542 e. The largest absolute Gasteiger partial charge is 0.316 e. The van der Waals surface area contributed by atoms with E-state index in [2.05, 4.69) is 22.8 Å². The van der Waals surface area contributed by atoms with E-state index in [1.165, 1.54) is 4.88 Å². The van der Waals surface area contributed by atoms with E-state index in [-0.39, 0.29) is 0 Å². The van der Waals surface area contributed by atoms with E-state index in [1.54, 1.807) is 11.8 Å². The first-order valence-corrected chi connectivity index (χ1v) is 8.69. The molecule has 1 N–H and O–H groups in total. The molecule has 102 valence electrons. The summed E-state index contributed by atoms with van der Waals surface area (Å²) in [6.45, 7) is 1.99. The van der Waals surface area contributed by atoms with Crippen LogP contribution >= 0.6 is 46.3 Å². The number of benzene rings is 1. The van der Waals surface area contributed by atoms with Crippen LogP contribution in [0.15, 0.2) is 40.6 Å². The highest BCUT2D eigenvalue weighted by atomic mass is 35.5. The summed E-state index contributed by atoms with van der Waals surface area (Å²) < 4.78 is 0. The lowest BCUT2D eigenvalue weighted by Gasteiger charge is -2.06. The molecule has 19 heavy (non-hydrogen) atoms.